The Morgan fingerprint density at radius 1 is 0.667 bits per heavy atom. The first kappa shape index (κ1) is 67.9. The summed E-state index contributed by atoms with van der Waals surface area (Å²) in [5, 5.41) is 8.78. The second kappa shape index (κ2) is 29.5. The molecule has 4 fully saturated rings. The highest BCUT2D eigenvalue weighted by molar-refractivity contribution is 8.00. The van der Waals surface area contributed by atoms with Gasteiger partial charge in [-0.15, -0.1) is 11.8 Å². The zero-order valence-corrected chi connectivity index (χ0v) is 53.9. The fourth-order valence-corrected chi connectivity index (χ4v) is 15.3. The van der Waals surface area contributed by atoms with E-state index in [1.807, 2.05) is 74.5 Å². The van der Waals surface area contributed by atoms with Gasteiger partial charge in [-0.25, -0.2) is 9.59 Å². The van der Waals surface area contributed by atoms with E-state index < -0.39 is 94.1 Å². The van der Waals surface area contributed by atoms with E-state index in [-0.39, 0.29) is 53.0 Å². The molecule has 1 unspecified atom stereocenters. The average molecular weight is 1210 g/mol. The Bertz CT molecular complexity index is 2420. The van der Waals surface area contributed by atoms with Crippen LogP contribution in [0.5, 0.6) is 0 Å². The first-order valence-electron chi connectivity index (χ1n) is 30.1. The molecule has 4 aliphatic rings. The van der Waals surface area contributed by atoms with Gasteiger partial charge < -0.3 is 39.8 Å². The number of unbranched alkanes of at least 4 members (excludes halogenated alkanes) is 3. The summed E-state index contributed by atoms with van der Waals surface area (Å²) in [5.41, 5.74) is -0.649. The van der Waals surface area contributed by atoms with E-state index in [1.165, 1.54) is 23.9 Å². The molecule has 18 nitrogen and oxygen atoms in total. The minimum Gasteiger partial charge on any atom is -0.444 e. The molecule has 3 aliphatic heterocycles. The van der Waals surface area contributed by atoms with E-state index in [0.29, 0.717) is 57.0 Å². The number of ether oxygens (including phenoxy) is 4. The molecule has 1 saturated carbocycles. The molecule has 3 heterocycles. The molecular formula is C64H96N6O12S2. The van der Waals surface area contributed by atoms with Crippen LogP contribution in [0, 0.1) is 22.7 Å². The van der Waals surface area contributed by atoms with Crippen LogP contribution in [-0.2, 0) is 47.7 Å². The van der Waals surface area contributed by atoms with Crippen LogP contribution < -0.4 is 16.0 Å². The Hall–Kier alpha value is -5.18. The number of thioether (sulfide) groups is 2. The number of carbonyl (C=O) groups excluding carboxylic acids is 8. The van der Waals surface area contributed by atoms with Gasteiger partial charge in [0.05, 0.1) is 30.7 Å². The molecule has 2 aromatic carbocycles. The minimum absolute atomic E-state index is 0.0229. The Morgan fingerprint density at radius 2 is 1.17 bits per heavy atom. The summed E-state index contributed by atoms with van der Waals surface area (Å²) in [6.07, 6.45) is 4.42. The van der Waals surface area contributed by atoms with Crippen molar-refractivity contribution in [3.05, 3.63) is 71.8 Å². The summed E-state index contributed by atoms with van der Waals surface area (Å²) in [7, 11) is 2.99. The Labute approximate surface area is 507 Å². The molecule has 84 heavy (non-hydrogen) atoms. The predicted octanol–water partition coefficient (Wildman–Crippen LogP) is 9.49. The minimum atomic E-state index is -0.912. The lowest BCUT2D eigenvalue weighted by Crippen LogP contribution is -2.58. The largest absolute Gasteiger partial charge is 0.444 e. The number of amides is 6. The summed E-state index contributed by atoms with van der Waals surface area (Å²) < 4.78 is 23.5. The molecule has 3 saturated heterocycles. The van der Waals surface area contributed by atoms with E-state index in [0.717, 1.165) is 36.8 Å². The number of ketones is 2. The highest BCUT2D eigenvalue weighted by Crippen LogP contribution is 2.54. The normalized spacial score (nSPS) is 24.4. The topological polar surface area (TPSA) is 219 Å². The first-order chi connectivity index (χ1) is 39.4. The molecule has 1 aliphatic carbocycles. The molecule has 466 valence electrons. The van der Waals surface area contributed by atoms with Gasteiger partial charge in [-0.1, -0.05) is 101 Å². The summed E-state index contributed by atoms with van der Waals surface area (Å²) >= 11 is 3.32. The van der Waals surface area contributed by atoms with Gasteiger partial charge in [-0.2, -0.15) is 11.8 Å². The van der Waals surface area contributed by atoms with Crippen LogP contribution >= 0.6 is 23.5 Å². The van der Waals surface area contributed by atoms with E-state index in [1.54, 1.807) is 83.8 Å². The van der Waals surface area contributed by atoms with Gasteiger partial charge in [0.15, 0.2) is 5.78 Å². The SMILES string of the molecule is C[C@@H](C(=O)N[C@H]1CCS[C@H]2CC(C)(C)[C@@H](C(=O)C[C@H](COCCCCCCOC[C@@H](NC(=O)[C@H]3N4C(=O)[C@@H](NC(=O)[C@H](C)N(C)C(=O)OC(C)(C)C)CCS[C@H]4CC3(C)C)c3ccccc3)c3ccccc3)C2C1=O)N(C)C(=O)OC(C)(C)C. The van der Waals surface area contributed by atoms with Crippen molar-refractivity contribution in [2.24, 2.45) is 22.7 Å². The highest BCUT2D eigenvalue weighted by Gasteiger charge is 2.57. The zero-order chi connectivity index (χ0) is 61.9. The van der Waals surface area contributed by atoms with Crippen LogP contribution in [0.25, 0.3) is 0 Å². The number of hydrogen-bond donors (Lipinski definition) is 3. The maximum atomic E-state index is 14.7. The molecule has 2 aromatic rings. The highest BCUT2D eigenvalue weighted by atomic mass is 32.2. The summed E-state index contributed by atoms with van der Waals surface area (Å²) in [6, 6.07) is 14.8. The van der Waals surface area contributed by atoms with Gasteiger partial charge in [-0.3, -0.25) is 38.6 Å². The van der Waals surface area contributed by atoms with Gasteiger partial charge in [0.1, 0.15) is 41.2 Å². The number of carbonyl (C=O) groups is 8. The smallest absolute Gasteiger partial charge is 0.410 e. The van der Waals surface area contributed by atoms with E-state index in [2.05, 4.69) is 29.8 Å². The third kappa shape index (κ3) is 18.2. The summed E-state index contributed by atoms with van der Waals surface area (Å²) in [4.78, 5) is 115. The lowest BCUT2D eigenvalue weighted by molar-refractivity contribution is -0.144. The van der Waals surface area contributed by atoms with Gasteiger partial charge >= 0.3 is 12.2 Å². The number of nitrogens with one attached hydrogen (secondary N) is 3. The fourth-order valence-electron chi connectivity index (χ4n) is 12.0. The van der Waals surface area contributed by atoms with Crippen LogP contribution in [0.3, 0.4) is 0 Å². The van der Waals surface area contributed by atoms with Gasteiger partial charge in [0.25, 0.3) is 0 Å². The van der Waals surface area contributed by atoms with Gasteiger partial charge in [-0.05, 0) is 127 Å². The van der Waals surface area contributed by atoms with Gasteiger partial charge in [0.2, 0.25) is 23.6 Å². The van der Waals surface area contributed by atoms with Crippen LogP contribution in [0.2, 0.25) is 0 Å². The molecule has 0 spiro atoms. The molecule has 3 N–H and O–H groups in total. The second-order valence-corrected chi connectivity index (χ2v) is 29.4. The van der Waals surface area contributed by atoms with Crippen molar-refractivity contribution in [2.75, 3.05) is 52.0 Å². The van der Waals surface area contributed by atoms with E-state index in [9.17, 15) is 38.4 Å². The second-order valence-electron chi connectivity index (χ2n) is 26.7. The quantitative estimate of drug-likeness (QED) is 0.0834. The number of Topliss-reactive ketones (excluding diaryl/α,β-unsaturated/α-hetero) is 2. The number of fused-ring (bicyclic) bond motifs is 2. The molecule has 0 aromatic heterocycles. The van der Waals surface area contributed by atoms with Crippen LogP contribution in [0.1, 0.15) is 164 Å². The monoisotopic (exact) mass is 1200 g/mol. The molecule has 20 heteroatoms. The maximum absolute atomic E-state index is 14.7. The van der Waals surface area contributed by atoms with E-state index >= 15 is 0 Å². The van der Waals surface area contributed by atoms with Crippen molar-refractivity contribution < 1.29 is 57.3 Å². The van der Waals surface area contributed by atoms with Crippen molar-refractivity contribution >= 4 is 70.9 Å². The predicted molar refractivity (Wildman–Crippen MR) is 328 cm³/mol. The first-order valence-corrected chi connectivity index (χ1v) is 32.2. The van der Waals surface area contributed by atoms with Crippen LogP contribution in [0.4, 0.5) is 9.59 Å². The lowest BCUT2D eigenvalue weighted by Gasteiger charge is -2.35. The lowest BCUT2D eigenvalue weighted by atomic mass is 9.72. The maximum Gasteiger partial charge on any atom is 0.410 e. The van der Waals surface area contributed by atoms with Crippen molar-refractivity contribution in [3.63, 3.8) is 0 Å². The molecule has 0 radical (unpaired) electrons. The Kier molecular flexibility index (Phi) is 23.8. The zero-order valence-electron chi connectivity index (χ0n) is 52.3. The van der Waals surface area contributed by atoms with Crippen molar-refractivity contribution in [1.29, 1.82) is 0 Å². The third-order valence-electron chi connectivity index (χ3n) is 16.7. The molecular weight excluding hydrogens is 1110 g/mol. The van der Waals surface area contributed by atoms with Crippen LogP contribution in [0.15, 0.2) is 60.7 Å². The fraction of sp³-hybridized carbons (Fsp3) is 0.688. The number of hydrogen-bond acceptors (Lipinski definition) is 14. The summed E-state index contributed by atoms with van der Waals surface area (Å²) in [5.74, 6) is -1.74. The molecule has 11 atom stereocenters. The number of rotatable bonds is 24. The number of nitrogens with zero attached hydrogens (tertiary/aromatic N) is 3. The van der Waals surface area contributed by atoms with Crippen molar-refractivity contribution in [1.82, 2.24) is 30.7 Å². The third-order valence-corrected chi connectivity index (χ3v) is 19.3. The number of likely N-dealkylation sites (N-methyl/N-ethyl adjacent to an activating group) is 2. The van der Waals surface area contributed by atoms with E-state index in [4.69, 9.17) is 18.9 Å². The molecule has 0 bridgehead atoms. The van der Waals surface area contributed by atoms with Crippen molar-refractivity contribution in [2.45, 2.75) is 205 Å². The summed E-state index contributed by atoms with van der Waals surface area (Å²) in [6.45, 7) is 23.4. The average Bonchev–Trinajstić information content (AvgIpc) is 1.78. The Morgan fingerprint density at radius 3 is 1.71 bits per heavy atom. The Balaban J connectivity index is 0.988. The number of benzene rings is 2. The molecule has 6 rings (SSSR count). The standard InChI is InChI=1S/C64H96N6O12S2/c1-40(68(13)59(77)81-61(3,4)5)55(73)65-45-29-33-83-49-36-63(9,10)52(51(49)53(45)72)48(71)35-44(42-25-19-17-20-26-42)38-79-31-23-15-16-24-32-80-39-47(43-27-21-18-22-28-43)67-57(75)54-64(11,12)37-50-70(54)58(76)46(30-34-84-50)66-56(74)41(2)69(14)60(78)82-62(6,7)8/h17-22,25-28,40-41,44-47,49-52,54H,15-16,23-24,29-39H2,1-14H3,(H,65,73)(H,66,74)(H,67,75)/t40-,41-,44+,45-,46-,47+,49-,50-,51?,52-,54+/m0/s1. The molecule has 6 amide bonds. The van der Waals surface area contributed by atoms with Crippen LogP contribution in [-0.4, -0.2) is 166 Å². The van der Waals surface area contributed by atoms with Gasteiger partial charge in [0, 0.05) is 56.7 Å². The van der Waals surface area contributed by atoms with Crippen molar-refractivity contribution in [3.8, 4) is 0 Å².